The molecule has 0 fully saturated rings. The molecule has 0 aliphatic carbocycles. The van der Waals surface area contributed by atoms with Gasteiger partial charge in [-0.3, -0.25) is 4.79 Å². The molecule has 0 saturated heterocycles. The SMILES string of the molecule is CC(C)(N)CNC(=O)C(F)(F)C(F)(F)F. The molecule has 3 nitrogen and oxygen atoms in total. The molecule has 8 heteroatoms. The van der Waals surface area contributed by atoms with Crippen molar-refractivity contribution in [3.63, 3.8) is 0 Å². The van der Waals surface area contributed by atoms with E-state index in [0.29, 0.717) is 0 Å². The predicted molar refractivity (Wildman–Crippen MR) is 42.3 cm³/mol. The molecule has 90 valence electrons. The molecule has 0 aliphatic rings. The maximum absolute atomic E-state index is 12.3. The maximum Gasteiger partial charge on any atom is 0.463 e. The molecule has 1 amide bonds. The standard InChI is InChI=1S/C7H11F5N2O/c1-5(2,13)3-14-4(15)6(8,9)7(10,11)12/h3,13H2,1-2H3,(H,14,15). The third-order valence-corrected chi connectivity index (χ3v) is 1.35. The van der Waals surface area contributed by atoms with Crippen LogP contribution in [-0.2, 0) is 4.79 Å². The summed E-state index contributed by atoms with van der Waals surface area (Å²) in [5.41, 5.74) is 4.24. The Kier molecular flexibility index (Phi) is 3.67. The lowest BCUT2D eigenvalue weighted by Gasteiger charge is -2.23. The van der Waals surface area contributed by atoms with Gasteiger partial charge in [-0.05, 0) is 13.8 Å². The van der Waals surface area contributed by atoms with Gasteiger partial charge in [0.15, 0.2) is 0 Å². The van der Waals surface area contributed by atoms with Crippen molar-refractivity contribution in [2.45, 2.75) is 31.5 Å². The first-order valence-electron chi connectivity index (χ1n) is 3.89. The highest BCUT2D eigenvalue weighted by molar-refractivity contribution is 5.84. The molecule has 0 bridgehead atoms. The van der Waals surface area contributed by atoms with Gasteiger partial charge in [0.05, 0.1) is 0 Å². The monoisotopic (exact) mass is 234 g/mol. The van der Waals surface area contributed by atoms with Gasteiger partial charge < -0.3 is 11.1 Å². The number of carbonyl (C=O) groups excluding carboxylic acids is 1. The zero-order valence-electron chi connectivity index (χ0n) is 8.08. The minimum absolute atomic E-state index is 0.475. The van der Waals surface area contributed by atoms with E-state index >= 15 is 0 Å². The van der Waals surface area contributed by atoms with Crippen LogP contribution in [0.5, 0.6) is 0 Å². The van der Waals surface area contributed by atoms with Gasteiger partial charge in [-0.1, -0.05) is 0 Å². The third kappa shape index (κ3) is 3.98. The molecule has 0 aromatic heterocycles. The highest BCUT2D eigenvalue weighted by Gasteiger charge is 2.63. The first-order valence-corrected chi connectivity index (χ1v) is 3.89. The summed E-state index contributed by atoms with van der Waals surface area (Å²) in [5.74, 6) is -7.79. The predicted octanol–water partition coefficient (Wildman–Crippen LogP) is 1.04. The van der Waals surface area contributed by atoms with Gasteiger partial charge in [0.2, 0.25) is 0 Å². The second kappa shape index (κ2) is 3.92. The average Bonchev–Trinajstić information content (AvgIpc) is 1.96. The Morgan fingerprint density at radius 2 is 1.60 bits per heavy atom. The number of hydrogen-bond acceptors (Lipinski definition) is 2. The summed E-state index contributed by atoms with van der Waals surface area (Å²) in [6.07, 6.45) is -5.89. The van der Waals surface area contributed by atoms with Gasteiger partial charge >= 0.3 is 12.1 Å². The molecule has 0 aromatic rings. The molecule has 0 aliphatic heterocycles. The normalized spacial score (nSPS) is 13.9. The number of hydrogen-bond donors (Lipinski definition) is 2. The van der Waals surface area contributed by atoms with Gasteiger partial charge in [0.25, 0.3) is 5.91 Å². The van der Waals surface area contributed by atoms with E-state index in [-0.39, 0.29) is 0 Å². The smallest absolute Gasteiger partial charge is 0.349 e. The zero-order valence-corrected chi connectivity index (χ0v) is 8.08. The largest absolute Gasteiger partial charge is 0.463 e. The van der Waals surface area contributed by atoms with Crippen molar-refractivity contribution < 1.29 is 26.7 Å². The van der Waals surface area contributed by atoms with Gasteiger partial charge in [-0.15, -0.1) is 0 Å². The quantitative estimate of drug-likeness (QED) is 0.717. The van der Waals surface area contributed by atoms with Gasteiger partial charge in [0, 0.05) is 12.1 Å². The van der Waals surface area contributed by atoms with Crippen LogP contribution < -0.4 is 11.1 Å². The Morgan fingerprint density at radius 1 is 1.20 bits per heavy atom. The van der Waals surface area contributed by atoms with Crippen LogP contribution in [0.1, 0.15) is 13.8 Å². The number of amides is 1. The van der Waals surface area contributed by atoms with Crippen LogP contribution in [0, 0.1) is 0 Å². The molecule has 0 spiro atoms. The average molecular weight is 234 g/mol. The number of nitrogens with two attached hydrogens (primary N) is 1. The second-order valence-corrected chi connectivity index (χ2v) is 3.74. The van der Waals surface area contributed by atoms with Crippen LogP contribution in [0.2, 0.25) is 0 Å². The molecular formula is C7H11F5N2O. The van der Waals surface area contributed by atoms with Crippen molar-refractivity contribution in [2.75, 3.05) is 6.54 Å². The van der Waals surface area contributed by atoms with E-state index in [2.05, 4.69) is 0 Å². The molecule has 0 atom stereocenters. The Labute approximate surface area is 82.8 Å². The Bertz CT molecular complexity index is 243. The summed E-state index contributed by atoms with van der Waals surface area (Å²) >= 11 is 0. The van der Waals surface area contributed by atoms with E-state index in [9.17, 15) is 26.7 Å². The van der Waals surface area contributed by atoms with Gasteiger partial charge in [-0.25, -0.2) is 0 Å². The number of halogens is 5. The summed E-state index contributed by atoms with van der Waals surface area (Å²) in [6, 6.07) is 0. The van der Waals surface area contributed by atoms with Crippen LogP contribution in [-0.4, -0.2) is 30.1 Å². The Balaban J connectivity index is 4.47. The zero-order chi connectivity index (χ0) is 12.5. The third-order valence-electron chi connectivity index (χ3n) is 1.35. The molecule has 0 heterocycles. The molecular weight excluding hydrogens is 223 g/mol. The molecule has 0 unspecified atom stereocenters. The fourth-order valence-electron chi connectivity index (χ4n) is 0.548. The van der Waals surface area contributed by atoms with Crippen molar-refractivity contribution in [1.82, 2.24) is 5.32 Å². The number of rotatable bonds is 3. The molecule has 15 heavy (non-hydrogen) atoms. The number of alkyl halides is 5. The molecule has 0 rings (SSSR count). The van der Waals surface area contributed by atoms with Crippen molar-refractivity contribution in [1.29, 1.82) is 0 Å². The van der Waals surface area contributed by atoms with E-state index in [0.717, 1.165) is 0 Å². The van der Waals surface area contributed by atoms with Gasteiger partial charge in [0.1, 0.15) is 0 Å². The first kappa shape index (κ1) is 14.1. The lowest BCUT2D eigenvalue weighted by molar-refractivity contribution is -0.269. The fourth-order valence-corrected chi connectivity index (χ4v) is 0.548. The lowest BCUT2D eigenvalue weighted by Crippen LogP contribution is -2.54. The first-order chi connectivity index (χ1) is 6.38. The minimum Gasteiger partial charge on any atom is -0.349 e. The minimum atomic E-state index is -5.89. The van der Waals surface area contributed by atoms with Crippen LogP contribution in [0.4, 0.5) is 22.0 Å². The molecule has 0 radical (unpaired) electrons. The van der Waals surface area contributed by atoms with Crippen molar-refractivity contribution in [2.24, 2.45) is 5.73 Å². The summed E-state index contributed by atoms with van der Waals surface area (Å²) < 4.78 is 59.6. The van der Waals surface area contributed by atoms with Gasteiger partial charge in [-0.2, -0.15) is 22.0 Å². The van der Waals surface area contributed by atoms with Crippen molar-refractivity contribution in [3.05, 3.63) is 0 Å². The topological polar surface area (TPSA) is 55.1 Å². The van der Waals surface area contributed by atoms with Crippen LogP contribution in [0.3, 0.4) is 0 Å². The molecule has 0 aromatic carbocycles. The summed E-state index contributed by atoms with van der Waals surface area (Å²) in [6.45, 7) is 2.27. The Hall–Kier alpha value is -0.920. The second-order valence-electron chi connectivity index (χ2n) is 3.74. The van der Waals surface area contributed by atoms with Crippen LogP contribution in [0.15, 0.2) is 0 Å². The van der Waals surface area contributed by atoms with Crippen molar-refractivity contribution >= 4 is 5.91 Å². The van der Waals surface area contributed by atoms with Crippen LogP contribution >= 0.6 is 0 Å². The fraction of sp³-hybridized carbons (Fsp3) is 0.857. The van der Waals surface area contributed by atoms with Crippen molar-refractivity contribution in [3.8, 4) is 0 Å². The maximum atomic E-state index is 12.3. The highest BCUT2D eigenvalue weighted by atomic mass is 19.4. The lowest BCUT2D eigenvalue weighted by atomic mass is 10.1. The highest BCUT2D eigenvalue weighted by Crippen LogP contribution is 2.35. The van der Waals surface area contributed by atoms with E-state index in [4.69, 9.17) is 5.73 Å². The molecule has 3 N–H and O–H groups in total. The number of nitrogens with one attached hydrogen (secondary N) is 1. The number of carbonyl (C=O) groups is 1. The molecule has 0 saturated carbocycles. The van der Waals surface area contributed by atoms with E-state index in [1.807, 2.05) is 0 Å². The summed E-state index contributed by atoms with van der Waals surface area (Å²) in [5, 5.41) is 1.44. The summed E-state index contributed by atoms with van der Waals surface area (Å²) in [4.78, 5) is 10.5. The Morgan fingerprint density at radius 3 is 1.87 bits per heavy atom. The summed E-state index contributed by atoms with van der Waals surface area (Å²) in [7, 11) is 0. The van der Waals surface area contributed by atoms with Crippen LogP contribution in [0.25, 0.3) is 0 Å². The van der Waals surface area contributed by atoms with E-state index < -0.39 is 30.1 Å². The van der Waals surface area contributed by atoms with E-state index in [1.165, 1.54) is 19.2 Å². The van der Waals surface area contributed by atoms with E-state index in [1.54, 1.807) is 0 Å².